The minimum absolute atomic E-state index is 0.00188. The van der Waals surface area contributed by atoms with Gasteiger partial charge in [-0.15, -0.1) is 0 Å². The zero-order valence-corrected chi connectivity index (χ0v) is 18.0. The summed E-state index contributed by atoms with van der Waals surface area (Å²) in [5.74, 6) is 1.44. The average Bonchev–Trinajstić information content (AvgIpc) is 3.40. The largest absolute Gasteiger partial charge is 0.497 e. The van der Waals surface area contributed by atoms with E-state index in [0.29, 0.717) is 37.1 Å². The maximum Gasteiger partial charge on any atom is 0.234 e. The van der Waals surface area contributed by atoms with Crippen LogP contribution in [0, 0.1) is 5.92 Å². The zero-order chi connectivity index (χ0) is 22.0. The molecule has 2 fully saturated rings. The smallest absolute Gasteiger partial charge is 0.234 e. The molecule has 2 aliphatic rings. The number of anilines is 2. The number of likely N-dealkylation sites (tertiary alicyclic amines) is 1. The Morgan fingerprint density at radius 1 is 1.23 bits per heavy atom. The van der Waals surface area contributed by atoms with Gasteiger partial charge in [-0.3, -0.25) is 14.6 Å². The first kappa shape index (κ1) is 20.9. The Balaban J connectivity index is 1.36. The van der Waals surface area contributed by atoms with Crippen LogP contribution in [0.1, 0.15) is 12.8 Å². The van der Waals surface area contributed by atoms with Crippen molar-refractivity contribution in [3.05, 3.63) is 36.7 Å². The van der Waals surface area contributed by atoms with Gasteiger partial charge in [-0.25, -0.2) is 0 Å². The molecule has 0 bridgehead atoms. The molecule has 2 amide bonds. The fourth-order valence-electron chi connectivity index (χ4n) is 3.97. The van der Waals surface area contributed by atoms with Crippen molar-refractivity contribution in [2.75, 3.05) is 50.6 Å². The molecule has 2 aliphatic heterocycles. The molecule has 31 heavy (non-hydrogen) atoms. The Morgan fingerprint density at radius 2 is 2.06 bits per heavy atom. The second kappa shape index (κ2) is 8.79. The molecule has 0 radical (unpaired) electrons. The number of methoxy groups -OCH3 is 1. The molecule has 3 heterocycles. The third kappa shape index (κ3) is 4.55. The van der Waals surface area contributed by atoms with Crippen LogP contribution in [0.4, 0.5) is 11.5 Å². The number of benzene rings is 1. The standard InChI is InChI=1S/C22H27N5O4/c1-25(2)19-11-23-12-20(24-19)31-18-7-8-26(14-18)22(29)15-9-21(28)27(13-15)16-5-4-6-17(10-16)30-3/h4-6,10-12,15,18H,7-9,13-14H2,1-3H3. The highest BCUT2D eigenvalue weighted by molar-refractivity contribution is 6.00. The molecule has 2 atom stereocenters. The third-order valence-electron chi connectivity index (χ3n) is 5.64. The van der Waals surface area contributed by atoms with E-state index in [-0.39, 0.29) is 30.3 Å². The number of carbonyl (C=O) groups is 2. The van der Waals surface area contributed by atoms with Gasteiger partial charge in [-0.2, -0.15) is 4.98 Å². The summed E-state index contributed by atoms with van der Waals surface area (Å²) in [5.41, 5.74) is 0.752. The Hall–Kier alpha value is -3.36. The second-order valence-electron chi connectivity index (χ2n) is 8.03. The van der Waals surface area contributed by atoms with Crippen molar-refractivity contribution in [1.29, 1.82) is 0 Å². The number of nitrogens with zero attached hydrogens (tertiary/aromatic N) is 5. The van der Waals surface area contributed by atoms with Crippen LogP contribution in [-0.4, -0.2) is 73.6 Å². The normalized spacial score (nSPS) is 20.8. The second-order valence-corrected chi connectivity index (χ2v) is 8.03. The number of hydrogen-bond acceptors (Lipinski definition) is 7. The predicted octanol–water partition coefficient (Wildman–Crippen LogP) is 1.58. The lowest BCUT2D eigenvalue weighted by atomic mass is 10.1. The van der Waals surface area contributed by atoms with E-state index in [1.165, 1.54) is 0 Å². The molecule has 2 aromatic rings. The summed E-state index contributed by atoms with van der Waals surface area (Å²) < 4.78 is 11.2. The minimum Gasteiger partial charge on any atom is -0.497 e. The van der Waals surface area contributed by atoms with Gasteiger partial charge in [0.2, 0.25) is 17.7 Å². The Morgan fingerprint density at radius 3 is 2.84 bits per heavy atom. The average molecular weight is 425 g/mol. The maximum absolute atomic E-state index is 13.1. The number of aromatic nitrogens is 2. The molecule has 9 heteroatoms. The van der Waals surface area contributed by atoms with Gasteiger partial charge < -0.3 is 24.2 Å². The number of ether oxygens (including phenoxy) is 2. The van der Waals surface area contributed by atoms with Gasteiger partial charge in [-0.1, -0.05) is 6.07 Å². The third-order valence-corrected chi connectivity index (χ3v) is 5.64. The summed E-state index contributed by atoms with van der Waals surface area (Å²) >= 11 is 0. The van der Waals surface area contributed by atoms with Crippen LogP contribution >= 0.6 is 0 Å². The highest BCUT2D eigenvalue weighted by atomic mass is 16.5. The van der Waals surface area contributed by atoms with Crippen LogP contribution < -0.4 is 19.3 Å². The van der Waals surface area contributed by atoms with E-state index in [2.05, 4.69) is 9.97 Å². The number of carbonyl (C=O) groups excluding carboxylic acids is 2. The number of amides is 2. The molecule has 2 unspecified atom stereocenters. The van der Waals surface area contributed by atoms with Crippen LogP contribution in [0.25, 0.3) is 0 Å². The molecule has 0 N–H and O–H groups in total. The molecule has 0 aliphatic carbocycles. The summed E-state index contributed by atoms with van der Waals surface area (Å²) in [6.07, 6.45) is 4.05. The van der Waals surface area contributed by atoms with Crippen LogP contribution in [0.3, 0.4) is 0 Å². The van der Waals surface area contributed by atoms with Crippen molar-refractivity contribution in [3.63, 3.8) is 0 Å². The highest BCUT2D eigenvalue weighted by Crippen LogP contribution is 2.30. The summed E-state index contributed by atoms with van der Waals surface area (Å²) in [7, 11) is 5.37. The van der Waals surface area contributed by atoms with Crippen molar-refractivity contribution < 1.29 is 19.1 Å². The fourth-order valence-corrected chi connectivity index (χ4v) is 3.97. The van der Waals surface area contributed by atoms with Gasteiger partial charge in [0.25, 0.3) is 0 Å². The lowest BCUT2D eigenvalue weighted by Crippen LogP contribution is -2.37. The van der Waals surface area contributed by atoms with Crippen molar-refractivity contribution >= 4 is 23.3 Å². The van der Waals surface area contributed by atoms with Gasteiger partial charge in [-0.05, 0) is 12.1 Å². The van der Waals surface area contributed by atoms with Crippen LogP contribution in [0.5, 0.6) is 11.6 Å². The van der Waals surface area contributed by atoms with E-state index < -0.39 is 0 Å². The molecule has 1 aromatic carbocycles. The molecule has 1 aromatic heterocycles. The molecule has 2 saturated heterocycles. The monoisotopic (exact) mass is 425 g/mol. The number of rotatable bonds is 6. The molecule has 0 saturated carbocycles. The summed E-state index contributed by atoms with van der Waals surface area (Å²) in [5, 5.41) is 0. The molecular formula is C22H27N5O4. The van der Waals surface area contributed by atoms with Gasteiger partial charge >= 0.3 is 0 Å². The van der Waals surface area contributed by atoms with Crippen molar-refractivity contribution in [3.8, 4) is 11.6 Å². The van der Waals surface area contributed by atoms with E-state index >= 15 is 0 Å². The molecule has 164 valence electrons. The predicted molar refractivity (Wildman–Crippen MR) is 115 cm³/mol. The van der Waals surface area contributed by atoms with Gasteiger partial charge in [0.1, 0.15) is 11.9 Å². The fraction of sp³-hybridized carbons (Fsp3) is 0.455. The SMILES string of the molecule is COc1cccc(N2CC(C(=O)N3CCC(Oc4cncc(N(C)C)n4)C3)CC2=O)c1. The van der Waals surface area contributed by atoms with Crippen LogP contribution in [0.2, 0.25) is 0 Å². The quantitative estimate of drug-likeness (QED) is 0.694. The van der Waals surface area contributed by atoms with Gasteiger partial charge in [0.15, 0.2) is 5.82 Å². The Labute approximate surface area is 181 Å². The van der Waals surface area contributed by atoms with E-state index in [0.717, 1.165) is 12.1 Å². The van der Waals surface area contributed by atoms with Gasteiger partial charge in [0, 0.05) is 51.8 Å². The van der Waals surface area contributed by atoms with E-state index in [1.807, 2.05) is 43.3 Å². The molecule has 9 nitrogen and oxygen atoms in total. The Bertz CT molecular complexity index is 966. The van der Waals surface area contributed by atoms with E-state index in [9.17, 15) is 9.59 Å². The minimum atomic E-state index is -0.352. The molecule has 0 spiro atoms. The van der Waals surface area contributed by atoms with Crippen molar-refractivity contribution in [2.45, 2.75) is 18.9 Å². The van der Waals surface area contributed by atoms with E-state index in [4.69, 9.17) is 9.47 Å². The van der Waals surface area contributed by atoms with Crippen LogP contribution in [0.15, 0.2) is 36.7 Å². The topological polar surface area (TPSA) is 88.1 Å². The van der Waals surface area contributed by atoms with Crippen molar-refractivity contribution in [1.82, 2.24) is 14.9 Å². The van der Waals surface area contributed by atoms with Gasteiger partial charge in [0.05, 0.1) is 32.0 Å². The first-order valence-corrected chi connectivity index (χ1v) is 10.3. The highest BCUT2D eigenvalue weighted by Gasteiger charge is 2.39. The molecule has 4 rings (SSSR count). The lowest BCUT2D eigenvalue weighted by molar-refractivity contribution is -0.135. The summed E-state index contributed by atoms with van der Waals surface area (Å²) in [4.78, 5) is 39.5. The summed E-state index contributed by atoms with van der Waals surface area (Å²) in [6, 6.07) is 7.34. The zero-order valence-electron chi connectivity index (χ0n) is 18.0. The van der Waals surface area contributed by atoms with E-state index in [1.54, 1.807) is 29.3 Å². The Kier molecular flexibility index (Phi) is 5.92. The summed E-state index contributed by atoms with van der Waals surface area (Å²) in [6.45, 7) is 1.47. The lowest BCUT2D eigenvalue weighted by Gasteiger charge is -2.21. The number of hydrogen-bond donors (Lipinski definition) is 0. The molecular weight excluding hydrogens is 398 g/mol. The first-order valence-electron chi connectivity index (χ1n) is 10.3. The first-order chi connectivity index (χ1) is 14.9. The van der Waals surface area contributed by atoms with Crippen molar-refractivity contribution in [2.24, 2.45) is 5.92 Å². The van der Waals surface area contributed by atoms with Crippen LogP contribution in [-0.2, 0) is 9.59 Å². The maximum atomic E-state index is 13.1.